The Bertz CT molecular complexity index is 845. The number of nitrogens with zero attached hydrogens (tertiary/aromatic N) is 2. The Morgan fingerprint density at radius 1 is 1.21 bits per heavy atom. The molecular formula is C18H16ClN3OS. The van der Waals surface area contributed by atoms with Crippen LogP contribution >= 0.6 is 23.4 Å². The predicted octanol–water partition coefficient (Wildman–Crippen LogP) is 4.66. The molecular weight excluding hydrogens is 342 g/mol. The summed E-state index contributed by atoms with van der Waals surface area (Å²) in [6, 6.07) is 15.1. The van der Waals surface area contributed by atoms with Gasteiger partial charge in [0.1, 0.15) is 0 Å². The SMILES string of the molecule is CCc1ccc(-c2nc(SCC(=O)c3cccc(Cl)c3)n[nH]2)cc1. The Kier molecular flexibility index (Phi) is 5.33. The van der Waals surface area contributed by atoms with Crippen molar-refractivity contribution in [1.82, 2.24) is 15.2 Å². The molecule has 0 unspecified atom stereocenters. The van der Waals surface area contributed by atoms with Crippen molar-refractivity contribution in [2.45, 2.75) is 18.5 Å². The lowest BCUT2D eigenvalue weighted by Crippen LogP contribution is -2.02. The van der Waals surface area contributed by atoms with E-state index < -0.39 is 0 Å². The second kappa shape index (κ2) is 7.64. The van der Waals surface area contributed by atoms with Crippen molar-refractivity contribution in [2.24, 2.45) is 0 Å². The van der Waals surface area contributed by atoms with Gasteiger partial charge in [-0.05, 0) is 24.1 Å². The summed E-state index contributed by atoms with van der Waals surface area (Å²) in [6.45, 7) is 2.12. The van der Waals surface area contributed by atoms with Crippen LogP contribution in [-0.2, 0) is 6.42 Å². The molecule has 24 heavy (non-hydrogen) atoms. The maximum Gasteiger partial charge on any atom is 0.209 e. The van der Waals surface area contributed by atoms with Gasteiger partial charge in [0.05, 0.1) is 5.75 Å². The van der Waals surface area contributed by atoms with E-state index in [0.29, 0.717) is 21.6 Å². The number of ketones is 1. The summed E-state index contributed by atoms with van der Waals surface area (Å²) in [5, 5.41) is 8.20. The number of H-pyrrole nitrogens is 1. The third-order valence-electron chi connectivity index (χ3n) is 3.58. The average Bonchev–Trinajstić information content (AvgIpc) is 3.09. The highest BCUT2D eigenvalue weighted by Crippen LogP contribution is 2.21. The first-order valence-corrected chi connectivity index (χ1v) is 8.95. The maximum atomic E-state index is 12.2. The lowest BCUT2D eigenvalue weighted by Gasteiger charge is -1.99. The van der Waals surface area contributed by atoms with E-state index in [1.165, 1.54) is 17.3 Å². The number of hydrogen-bond acceptors (Lipinski definition) is 4. The summed E-state index contributed by atoms with van der Waals surface area (Å²) in [6.07, 6.45) is 1.00. The van der Waals surface area contributed by atoms with Crippen LogP contribution in [0.4, 0.5) is 0 Å². The summed E-state index contributed by atoms with van der Waals surface area (Å²) >= 11 is 7.22. The molecule has 0 amide bonds. The van der Waals surface area contributed by atoms with Gasteiger partial charge >= 0.3 is 0 Å². The number of benzene rings is 2. The number of carbonyl (C=O) groups is 1. The van der Waals surface area contributed by atoms with E-state index in [1.54, 1.807) is 24.3 Å². The fourth-order valence-corrected chi connectivity index (χ4v) is 3.10. The normalized spacial score (nSPS) is 10.8. The largest absolute Gasteiger partial charge is 0.293 e. The molecule has 1 aromatic heterocycles. The van der Waals surface area contributed by atoms with Gasteiger partial charge in [-0.3, -0.25) is 9.89 Å². The van der Waals surface area contributed by atoms with Crippen LogP contribution in [0.3, 0.4) is 0 Å². The fourth-order valence-electron chi connectivity index (χ4n) is 2.21. The molecule has 0 aliphatic heterocycles. The summed E-state index contributed by atoms with van der Waals surface area (Å²) < 4.78 is 0. The van der Waals surface area contributed by atoms with Gasteiger partial charge in [-0.2, -0.15) is 0 Å². The first-order valence-electron chi connectivity index (χ1n) is 7.59. The Balaban J connectivity index is 1.64. The minimum atomic E-state index is 0.00106. The number of aryl methyl sites for hydroxylation is 1. The summed E-state index contributed by atoms with van der Waals surface area (Å²) in [4.78, 5) is 16.6. The maximum absolute atomic E-state index is 12.2. The Labute approximate surface area is 149 Å². The number of nitrogens with one attached hydrogen (secondary N) is 1. The van der Waals surface area contributed by atoms with Crippen LogP contribution in [0.15, 0.2) is 53.7 Å². The molecule has 4 nitrogen and oxygen atoms in total. The minimum absolute atomic E-state index is 0.00106. The van der Waals surface area contributed by atoms with Crippen molar-refractivity contribution >= 4 is 29.1 Å². The van der Waals surface area contributed by atoms with Crippen LogP contribution in [-0.4, -0.2) is 26.7 Å². The fraction of sp³-hybridized carbons (Fsp3) is 0.167. The zero-order chi connectivity index (χ0) is 16.9. The summed E-state index contributed by atoms with van der Waals surface area (Å²) in [5.41, 5.74) is 2.86. The molecule has 0 aliphatic rings. The number of Topliss-reactive ketones (excluding diaryl/α,β-unsaturated/α-hetero) is 1. The highest BCUT2D eigenvalue weighted by Gasteiger charge is 2.11. The molecule has 0 fully saturated rings. The molecule has 6 heteroatoms. The molecule has 0 aliphatic carbocycles. The van der Waals surface area contributed by atoms with E-state index in [0.717, 1.165) is 12.0 Å². The van der Waals surface area contributed by atoms with E-state index in [2.05, 4.69) is 34.2 Å². The third kappa shape index (κ3) is 4.04. The number of aromatic amines is 1. The number of aromatic nitrogens is 3. The first-order chi connectivity index (χ1) is 11.7. The van der Waals surface area contributed by atoms with Crippen LogP contribution in [0, 0.1) is 0 Å². The van der Waals surface area contributed by atoms with E-state index >= 15 is 0 Å². The van der Waals surface area contributed by atoms with Crippen LogP contribution < -0.4 is 0 Å². The molecule has 3 rings (SSSR count). The van der Waals surface area contributed by atoms with Crippen molar-refractivity contribution in [3.63, 3.8) is 0 Å². The number of carbonyl (C=O) groups excluding carboxylic acids is 1. The van der Waals surface area contributed by atoms with E-state index in [1.807, 2.05) is 12.1 Å². The molecule has 0 radical (unpaired) electrons. The second-order valence-electron chi connectivity index (χ2n) is 5.24. The minimum Gasteiger partial charge on any atom is -0.293 e. The zero-order valence-corrected chi connectivity index (χ0v) is 14.7. The molecule has 2 aromatic carbocycles. The molecule has 0 bridgehead atoms. The molecule has 122 valence electrons. The van der Waals surface area contributed by atoms with Crippen molar-refractivity contribution in [3.05, 3.63) is 64.7 Å². The molecule has 0 spiro atoms. The number of hydrogen-bond donors (Lipinski definition) is 1. The lowest BCUT2D eigenvalue weighted by atomic mass is 10.1. The van der Waals surface area contributed by atoms with Crippen LogP contribution in [0.1, 0.15) is 22.8 Å². The predicted molar refractivity (Wildman–Crippen MR) is 97.7 cm³/mol. The Morgan fingerprint density at radius 2 is 2.00 bits per heavy atom. The van der Waals surface area contributed by atoms with Gasteiger partial charge in [0, 0.05) is 16.1 Å². The topological polar surface area (TPSA) is 58.6 Å². The highest BCUT2D eigenvalue weighted by atomic mass is 35.5. The van der Waals surface area contributed by atoms with Gasteiger partial charge in [0.15, 0.2) is 11.6 Å². The van der Waals surface area contributed by atoms with Gasteiger partial charge < -0.3 is 0 Å². The van der Waals surface area contributed by atoms with E-state index in [-0.39, 0.29) is 11.5 Å². The van der Waals surface area contributed by atoms with Gasteiger partial charge in [-0.25, -0.2) is 4.98 Å². The molecule has 0 saturated carbocycles. The lowest BCUT2D eigenvalue weighted by molar-refractivity contribution is 0.102. The molecule has 0 atom stereocenters. The van der Waals surface area contributed by atoms with Crippen molar-refractivity contribution in [3.8, 4) is 11.4 Å². The Morgan fingerprint density at radius 3 is 2.71 bits per heavy atom. The van der Waals surface area contributed by atoms with Crippen molar-refractivity contribution in [2.75, 3.05) is 5.75 Å². The quantitative estimate of drug-likeness (QED) is 0.514. The van der Waals surface area contributed by atoms with Crippen LogP contribution in [0.5, 0.6) is 0 Å². The Hall–Kier alpha value is -2.11. The molecule has 0 saturated heterocycles. The van der Waals surface area contributed by atoms with Gasteiger partial charge in [-0.1, -0.05) is 66.7 Å². The summed E-state index contributed by atoms with van der Waals surface area (Å²) in [5.74, 6) is 0.975. The van der Waals surface area contributed by atoms with Crippen molar-refractivity contribution < 1.29 is 4.79 Å². The van der Waals surface area contributed by atoms with Gasteiger partial charge in [-0.15, -0.1) is 5.10 Å². The third-order valence-corrected chi connectivity index (χ3v) is 4.66. The molecule has 1 heterocycles. The molecule has 3 aromatic rings. The average molecular weight is 358 g/mol. The highest BCUT2D eigenvalue weighted by molar-refractivity contribution is 7.99. The van der Waals surface area contributed by atoms with E-state index in [4.69, 9.17) is 11.6 Å². The standard InChI is InChI=1S/C18H16ClN3OS/c1-2-12-6-8-13(9-7-12)17-20-18(22-21-17)24-11-16(23)14-4-3-5-15(19)10-14/h3-10H,2,11H2,1H3,(H,20,21,22). The monoisotopic (exact) mass is 357 g/mol. The van der Waals surface area contributed by atoms with Crippen molar-refractivity contribution in [1.29, 1.82) is 0 Å². The number of halogens is 1. The summed E-state index contributed by atoms with van der Waals surface area (Å²) in [7, 11) is 0. The van der Waals surface area contributed by atoms with Gasteiger partial charge in [0.25, 0.3) is 0 Å². The zero-order valence-electron chi connectivity index (χ0n) is 13.1. The van der Waals surface area contributed by atoms with E-state index in [9.17, 15) is 4.79 Å². The number of rotatable bonds is 6. The van der Waals surface area contributed by atoms with Gasteiger partial charge in [0.2, 0.25) is 5.16 Å². The smallest absolute Gasteiger partial charge is 0.209 e. The van der Waals surface area contributed by atoms with Crippen LogP contribution in [0.2, 0.25) is 5.02 Å². The number of thioether (sulfide) groups is 1. The van der Waals surface area contributed by atoms with Crippen LogP contribution in [0.25, 0.3) is 11.4 Å². The molecule has 1 N–H and O–H groups in total. The first kappa shape index (κ1) is 16.7. The second-order valence-corrected chi connectivity index (χ2v) is 6.62.